The van der Waals surface area contributed by atoms with Crippen molar-refractivity contribution in [3.63, 3.8) is 0 Å². The van der Waals surface area contributed by atoms with Crippen LogP contribution < -0.4 is 0 Å². The number of carbonyl (C=O) groups is 1. The van der Waals surface area contributed by atoms with E-state index in [1.54, 1.807) is 7.11 Å². The van der Waals surface area contributed by atoms with E-state index in [1.807, 2.05) is 31.3 Å². The highest BCUT2D eigenvalue weighted by molar-refractivity contribution is 5.70. The van der Waals surface area contributed by atoms with Crippen LogP contribution in [0.2, 0.25) is 0 Å². The summed E-state index contributed by atoms with van der Waals surface area (Å²) >= 11 is 0. The molecule has 0 saturated heterocycles. The number of carboxylic acid groups (broad SMARTS) is 1. The van der Waals surface area contributed by atoms with Crippen LogP contribution in [0.5, 0.6) is 0 Å². The number of ether oxygens (including phenoxy) is 1. The highest BCUT2D eigenvalue weighted by Gasteiger charge is 2.12. The van der Waals surface area contributed by atoms with Crippen molar-refractivity contribution >= 4 is 5.97 Å². The summed E-state index contributed by atoms with van der Waals surface area (Å²) in [5, 5.41) is 8.89. The molecule has 1 rings (SSSR count). The highest BCUT2D eigenvalue weighted by Crippen LogP contribution is 2.13. The molecule has 0 aromatic heterocycles. The first-order valence-electron chi connectivity index (χ1n) is 6.02. The summed E-state index contributed by atoms with van der Waals surface area (Å²) in [4.78, 5) is 13.0. The smallest absolute Gasteiger partial charge is 0.307 e. The van der Waals surface area contributed by atoms with Crippen molar-refractivity contribution in [1.82, 2.24) is 4.90 Å². The molecule has 0 fully saturated rings. The van der Waals surface area contributed by atoms with Gasteiger partial charge < -0.3 is 9.84 Å². The molecule has 1 aromatic carbocycles. The number of rotatable bonds is 7. The predicted octanol–water partition coefficient (Wildman–Crippen LogP) is 1.78. The molecule has 4 heteroatoms. The fourth-order valence-electron chi connectivity index (χ4n) is 1.84. The Morgan fingerprint density at radius 3 is 2.56 bits per heavy atom. The van der Waals surface area contributed by atoms with Gasteiger partial charge in [0.25, 0.3) is 0 Å². The van der Waals surface area contributed by atoms with E-state index >= 15 is 0 Å². The van der Waals surface area contributed by atoms with E-state index < -0.39 is 5.97 Å². The van der Waals surface area contributed by atoms with Crippen molar-refractivity contribution < 1.29 is 14.6 Å². The van der Waals surface area contributed by atoms with Crippen LogP contribution in [0.3, 0.4) is 0 Å². The lowest BCUT2D eigenvalue weighted by atomic mass is 10.0. The molecule has 0 aliphatic rings. The molecule has 0 saturated carbocycles. The van der Waals surface area contributed by atoms with Gasteiger partial charge in [-0.3, -0.25) is 9.69 Å². The SMILES string of the molecule is COCC(C)N(C)Cc1ccccc1CC(=O)O. The van der Waals surface area contributed by atoms with Crippen LogP contribution in [0, 0.1) is 0 Å². The van der Waals surface area contributed by atoms with Crippen molar-refractivity contribution in [1.29, 1.82) is 0 Å². The maximum atomic E-state index is 10.8. The Morgan fingerprint density at radius 1 is 1.39 bits per heavy atom. The fraction of sp³-hybridized carbons (Fsp3) is 0.500. The van der Waals surface area contributed by atoms with Crippen LogP contribution in [-0.4, -0.2) is 42.8 Å². The second-order valence-electron chi connectivity index (χ2n) is 4.56. The molecule has 1 unspecified atom stereocenters. The summed E-state index contributed by atoms with van der Waals surface area (Å²) < 4.78 is 5.12. The number of carboxylic acids is 1. The van der Waals surface area contributed by atoms with Crippen molar-refractivity contribution in [2.24, 2.45) is 0 Å². The van der Waals surface area contributed by atoms with Crippen molar-refractivity contribution in [3.05, 3.63) is 35.4 Å². The molecule has 4 nitrogen and oxygen atoms in total. The molecule has 0 amide bonds. The molecule has 1 aromatic rings. The highest BCUT2D eigenvalue weighted by atomic mass is 16.5. The number of hydrogen-bond acceptors (Lipinski definition) is 3. The number of hydrogen-bond donors (Lipinski definition) is 1. The zero-order valence-electron chi connectivity index (χ0n) is 11.2. The first-order valence-corrected chi connectivity index (χ1v) is 6.02. The summed E-state index contributed by atoms with van der Waals surface area (Å²) in [6, 6.07) is 7.97. The van der Waals surface area contributed by atoms with Gasteiger partial charge in [-0.15, -0.1) is 0 Å². The summed E-state index contributed by atoms with van der Waals surface area (Å²) in [5.41, 5.74) is 1.94. The molecule has 0 heterocycles. The molecule has 0 aliphatic heterocycles. The van der Waals surface area contributed by atoms with E-state index in [9.17, 15) is 4.79 Å². The van der Waals surface area contributed by atoms with E-state index in [-0.39, 0.29) is 6.42 Å². The standard InChI is InChI=1S/C14H21NO3/c1-11(10-18-3)15(2)9-13-7-5-4-6-12(13)8-14(16)17/h4-7,11H,8-10H2,1-3H3,(H,16,17). The lowest BCUT2D eigenvalue weighted by molar-refractivity contribution is -0.136. The third kappa shape index (κ3) is 4.47. The van der Waals surface area contributed by atoms with Gasteiger partial charge in [-0.2, -0.15) is 0 Å². The Bertz CT molecular complexity index is 392. The molecule has 0 radical (unpaired) electrons. The molecule has 1 N–H and O–H groups in total. The number of aliphatic carboxylic acids is 1. The topological polar surface area (TPSA) is 49.8 Å². The van der Waals surface area contributed by atoms with E-state index in [1.165, 1.54) is 0 Å². The average molecular weight is 251 g/mol. The average Bonchev–Trinajstić information content (AvgIpc) is 2.31. The number of likely N-dealkylation sites (N-methyl/N-ethyl adjacent to an activating group) is 1. The Morgan fingerprint density at radius 2 is 2.00 bits per heavy atom. The molecule has 18 heavy (non-hydrogen) atoms. The van der Waals surface area contributed by atoms with Crippen LogP contribution in [0.4, 0.5) is 0 Å². The van der Waals surface area contributed by atoms with Crippen LogP contribution in [0.25, 0.3) is 0 Å². The van der Waals surface area contributed by atoms with Gasteiger partial charge in [0, 0.05) is 19.7 Å². The lowest BCUT2D eigenvalue weighted by Crippen LogP contribution is -2.32. The van der Waals surface area contributed by atoms with E-state index in [0.29, 0.717) is 12.6 Å². The predicted molar refractivity (Wildman–Crippen MR) is 70.6 cm³/mol. The van der Waals surface area contributed by atoms with Crippen LogP contribution in [0.15, 0.2) is 24.3 Å². The maximum Gasteiger partial charge on any atom is 0.307 e. The van der Waals surface area contributed by atoms with Gasteiger partial charge in [0.2, 0.25) is 0 Å². The largest absolute Gasteiger partial charge is 0.481 e. The summed E-state index contributed by atoms with van der Waals surface area (Å²) in [7, 11) is 3.70. The van der Waals surface area contributed by atoms with Crippen LogP contribution >= 0.6 is 0 Å². The Hall–Kier alpha value is -1.39. The molecule has 1 atom stereocenters. The van der Waals surface area contributed by atoms with Gasteiger partial charge in [0.1, 0.15) is 0 Å². The van der Waals surface area contributed by atoms with E-state index in [0.717, 1.165) is 17.7 Å². The first-order chi connectivity index (χ1) is 8.54. The summed E-state index contributed by atoms with van der Waals surface area (Å²) in [6.45, 7) is 3.48. The van der Waals surface area contributed by atoms with E-state index in [4.69, 9.17) is 9.84 Å². The van der Waals surface area contributed by atoms with Gasteiger partial charge in [-0.05, 0) is 25.1 Å². The molecule has 100 valence electrons. The quantitative estimate of drug-likeness (QED) is 0.802. The first kappa shape index (κ1) is 14.7. The normalized spacial score (nSPS) is 12.7. The number of benzene rings is 1. The Labute approximate surface area is 108 Å². The van der Waals surface area contributed by atoms with Crippen LogP contribution in [0.1, 0.15) is 18.1 Å². The van der Waals surface area contributed by atoms with Crippen LogP contribution in [-0.2, 0) is 22.5 Å². The maximum absolute atomic E-state index is 10.8. The lowest BCUT2D eigenvalue weighted by Gasteiger charge is -2.25. The summed E-state index contributed by atoms with van der Waals surface area (Å²) in [6.07, 6.45) is 0.0721. The van der Waals surface area contributed by atoms with Gasteiger partial charge in [0.15, 0.2) is 0 Å². The molecular formula is C14H21NO3. The minimum atomic E-state index is -0.796. The van der Waals surface area contributed by atoms with Crippen molar-refractivity contribution in [2.45, 2.75) is 25.9 Å². The number of methoxy groups -OCH3 is 1. The Kier molecular flexibility index (Phi) is 5.82. The molecule has 0 spiro atoms. The molecular weight excluding hydrogens is 230 g/mol. The van der Waals surface area contributed by atoms with Gasteiger partial charge in [0.05, 0.1) is 13.0 Å². The van der Waals surface area contributed by atoms with E-state index in [2.05, 4.69) is 11.8 Å². The minimum Gasteiger partial charge on any atom is -0.481 e. The monoisotopic (exact) mass is 251 g/mol. The van der Waals surface area contributed by atoms with Crippen molar-refractivity contribution in [2.75, 3.05) is 20.8 Å². The minimum absolute atomic E-state index is 0.0721. The van der Waals surface area contributed by atoms with Gasteiger partial charge in [-0.25, -0.2) is 0 Å². The third-order valence-electron chi connectivity index (χ3n) is 3.04. The summed E-state index contributed by atoms with van der Waals surface area (Å²) in [5.74, 6) is -0.796. The van der Waals surface area contributed by atoms with Gasteiger partial charge in [-0.1, -0.05) is 24.3 Å². The fourth-order valence-corrected chi connectivity index (χ4v) is 1.84. The third-order valence-corrected chi connectivity index (χ3v) is 3.04. The zero-order chi connectivity index (χ0) is 13.5. The molecule has 0 aliphatic carbocycles. The Balaban J connectivity index is 2.74. The second kappa shape index (κ2) is 7.13. The number of nitrogens with zero attached hydrogens (tertiary/aromatic N) is 1. The second-order valence-corrected chi connectivity index (χ2v) is 4.56. The van der Waals surface area contributed by atoms with Gasteiger partial charge >= 0.3 is 5.97 Å². The molecule has 0 bridgehead atoms. The van der Waals surface area contributed by atoms with Crippen molar-refractivity contribution in [3.8, 4) is 0 Å². The zero-order valence-corrected chi connectivity index (χ0v) is 11.2.